The van der Waals surface area contributed by atoms with E-state index in [1.54, 1.807) is 26.0 Å². The van der Waals surface area contributed by atoms with Gasteiger partial charge in [-0.1, -0.05) is 51.3 Å². The third-order valence-corrected chi connectivity index (χ3v) is 19.0. The lowest BCUT2D eigenvalue weighted by Gasteiger charge is -2.52. The van der Waals surface area contributed by atoms with E-state index in [9.17, 15) is 90.4 Å². The molecule has 0 aromatic heterocycles. The van der Waals surface area contributed by atoms with E-state index in [-0.39, 0.29) is 18.4 Å². The number of ether oxygens (including phenoxy) is 10. The SMILES string of the molecule is CCCCCC/C=C\CCCOc1cccc(C(=O)N[C@@H]2C(O[C@H]3C(O)C(NC(C)=O)C(OC4C(CO)C[C@@H](O[C@H]5C(O)C(NC(C)=O)C(OC6C(CO[C@@H]7OC(C)C(O)[C@H](C)[C@H]7O)OC(O)[C@@H](NC(C)=O)[C@H]6O)C[C@H]5CO)[C@@H](NC(C)=O)[C@H]4O)O[C@H]3CO)OC(CO)[C@@H](O)[C@@H]2O)c1. The van der Waals surface area contributed by atoms with Gasteiger partial charge in [0.2, 0.25) is 23.6 Å². The summed E-state index contributed by atoms with van der Waals surface area (Å²) >= 11 is 0. The van der Waals surface area contributed by atoms with Crippen LogP contribution in [0.1, 0.15) is 117 Å². The largest absolute Gasteiger partial charge is 0.494 e. The van der Waals surface area contributed by atoms with Crippen molar-refractivity contribution in [1.82, 2.24) is 26.6 Å². The average Bonchev–Trinajstić information content (AvgIpc) is 0.772. The fourth-order valence-electron chi connectivity index (χ4n) is 13.7. The molecule has 98 heavy (non-hydrogen) atoms. The second-order valence-electron chi connectivity index (χ2n) is 26.4. The number of aliphatic hydroxyl groups is 13. The van der Waals surface area contributed by atoms with Gasteiger partial charge in [0.15, 0.2) is 25.2 Å². The van der Waals surface area contributed by atoms with Crippen LogP contribution in [0.15, 0.2) is 36.4 Å². The number of aliphatic hydroxyl groups excluding tert-OH is 13. The van der Waals surface area contributed by atoms with Crippen LogP contribution in [-0.2, 0) is 61.8 Å². The van der Waals surface area contributed by atoms with Crippen molar-refractivity contribution in [3.8, 4) is 5.75 Å². The van der Waals surface area contributed by atoms with E-state index in [1.165, 1.54) is 25.0 Å². The number of benzene rings is 1. The van der Waals surface area contributed by atoms with E-state index in [2.05, 4.69) is 45.7 Å². The molecule has 5 amide bonds. The minimum atomic E-state index is -1.96. The summed E-state index contributed by atoms with van der Waals surface area (Å²) in [4.78, 5) is 65.3. The van der Waals surface area contributed by atoms with Crippen LogP contribution in [0, 0.1) is 17.8 Å². The minimum Gasteiger partial charge on any atom is -0.494 e. The van der Waals surface area contributed by atoms with Crippen LogP contribution in [0.4, 0.5) is 0 Å². The molecule has 7 rings (SSSR count). The number of nitrogens with one attached hydrogen (secondary N) is 5. The Balaban J connectivity index is 1.07. The number of hydrogen-bond donors (Lipinski definition) is 18. The van der Waals surface area contributed by atoms with E-state index < -0.39 is 246 Å². The third kappa shape index (κ3) is 20.5. The molecule has 4 saturated heterocycles. The first-order valence-corrected chi connectivity index (χ1v) is 33.8. The van der Waals surface area contributed by atoms with Gasteiger partial charge >= 0.3 is 0 Å². The van der Waals surface area contributed by atoms with Crippen molar-refractivity contribution < 1.29 is 138 Å². The van der Waals surface area contributed by atoms with E-state index in [0.717, 1.165) is 53.4 Å². The Labute approximate surface area is 568 Å². The van der Waals surface area contributed by atoms with Crippen molar-refractivity contribution in [3.05, 3.63) is 42.0 Å². The summed E-state index contributed by atoms with van der Waals surface area (Å²) in [6.45, 7) is 6.19. The van der Waals surface area contributed by atoms with Gasteiger partial charge in [-0.05, 0) is 63.6 Å². The highest BCUT2D eigenvalue weighted by Crippen LogP contribution is 2.40. The average molecular weight is 1400 g/mol. The molecule has 6 fully saturated rings. The van der Waals surface area contributed by atoms with Gasteiger partial charge in [0.1, 0.15) is 97.1 Å². The molecule has 4 aliphatic heterocycles. The maximum Gasteiger partial charge on any atom is 0.251 e. The summed E-state index contributed by atoms with van der Waals surface area (Å²) < 4.78 is 61.2. The van der Waals surface area contributed by atoms with Crippen molar-refractivity contribution in [2.45, 2.75) is 271 Å². The van der Waals surface area contributed by atoms with Gasteiger partial charge < -0.3 is 140 Å². The van der Waals surface area contributed by atoms with Crippen molar-refractivity contribution >= 4 is 29.5 Å². The number of allylic oxidation sites excluding steroid dienone is 2. The maximum absolute atomic E-state index is 14.0. The molecule has 18 N–H and O–H groups in total. The highest BCUT2D eigenvalue weighted by molar-refractivity contribution is 5.94. The second kappa shape index (κ2) is 37.9. The molecule has 558 valence electrons. The smallest absolute Gasteiger partial charge is 0.251 e. The molecule has 1 aromatic carbocycles. The Morgan fingerprint density at radius 3 is 1.57 bits per heavy atom. The normalized spacial score (nSPS) is 39.9. The van der Waals surface area contributed by atoms with Crippen LogP contribution in [0.2, 0.25) is 0 Å². The van der Waals surface area contributed by atoms with Gasteiger partial charge in [-0.3, -0.25) is 24.0 Å². The van der Waals surface area contributed by atoms with Crippen molar-refractivity contribution in [2.24, 2.45) is 17.8 Å². The van der Waals surface area contributed by atoms with Crippen LogP contribution in [0.5, 0.6) is 5.75 Å². The monoisotopic (exact) mass is 1400 g/mol. The number of carbonyl (C=O) groups excluding carboxylic acids is 5. The minimum absolute atomic E-state index is 0.0659. The second-order valence-corrected chi connectivity index (χ2v) is 26.4. The zero-order chi connectivity index (χ0) is 71.8. The standard InChI is InChI=1S/C65H105N5O28/c1-8-9-10-11-12-13-14-15-16-20-89-38-19-17-18-35(21-38)61(87)70-47-52(82)51(81)41(26-73)95-63(47)98-59-42(27-74)96-64(48(56(59)86)69-34(7)78)97-58-37(25-72)23-39(44(54(58)84)66-31(4)75)92-57-36(24-71)22-40(45(53(57)83)67-32(5)76)93-60-43(94-62(88)46(55(60)85)68-33(6)77)28-90-65-50(80)29(2)49(79)30(3)91-65/h13-14,17-19,21,29-30,36-37,39-60,62-65,71-74,79-86,88H,8-12,15-16,20,22-28H2,1-7H3,(H,66,75)(H,67,76)(H,68,77)(H,69,78)(H,70,87)/b14-13-/t29-,30?,36-,37?,39+,40?,41?,42-,43?,44+,45?,46-,47-,48?,49?,50+,51+,52+,53?,54+,55+,56?,57+,58?,59+,60?,62?,63?,64?,65+/m0/s1. The predicted octanol–water partition coefficient (Wildman–Crippen LogP) is -4.77. The van der Waals surface area contributed by atoms with Crippen molar-refractivity contribution in [1.29, 1.82) is 0 Å². The summed E-state index contributed by atoms with van der Waals surface area (Å²) in [5.41, 5.74) is 0.0659. The summed E-state index contributed by atoms with van der Waals surface area (Å²) in [6.07, 6.45) is -24.1. The lowest BCUT2D eigenvalue weighted by molar-refractivity contribution is -0.342. The summed E-state index contributed by atoms with van der Waals surface area (Å²) in [6, 6.07) is -1.63. The molecular formula is C65H105N5O28. The van der Waals surface area contributed by atoms with Gasteiger partial charge in [0, 0.05) is 64.2 Å². The number of hydrogen-bond acceptors (Lipinski definition) is 28. The molecular weight excluding hydrogens is 1300 g/mol. The fraction of sp³-hybridized carbons (Fsp3) is 0.800. The zero-order valence-electron chi connectivity index (χ0n) is 56.3. The van der Waals surface area contributed by atoms with E-state index in [0.29, 0.717) is 18.8 Å². The molecule has 2 saturated carbocycles. The highest BCUT2D eigenvalue weighted by atomic mass is 16.7. The van der Waals surface area contributed by atoms with Crippen molar-refractivity contribution in [3.63, 3.8) is 0 Å². The Hall–Kier alpha value is -4.77. The topological polar surface area (TPSA) is 501 Å². The summed E-state index contributed by atoms with van der Waals surface area (Å²) in [5.74, 6) is -6.34. The van der Waals surface area contributed by atoms with Gasteiger partial charge in [-0.25, -0.2) is 0 Å². The number of carbonyl (C=O) groups is 5. The zero-order valence-corrected chi connectivity index (χ0v) is 56.3. The first-order valence-electron chi connectivity index (χ1n) is 33.8. The van der Waals surface area contributed by atoms with Crippen LogP contribution in [-0.4, -0.2) is 301 Å². The number of amides is 5. The summed E-state index contributed by atoms with van der Waals surface area (Å²) in [7, 11) is 0. The van der Waals surface area contributed by atoms with Crippen LogP contribution in [0.3, 0.4) is 0 Å². The van der Waals surface area contributed by atoms with E-state index in [1.807, 2.05) is 0 Å². The van der Waals surface area contributed by atoms with E-state index >= 15 is 0 Å². The molecule has 30 atom stereocenters. The highest BCUT2D eigenvalue weighted by Gasteiger charge is 2.57. The molecule has 15 unspecified atom stereocenters. The Kier molecular flexibility index (Phi) is 31.2. The quantitative estimate of drug-likeness (QED) is 0.0245. The molecule has 0 spiro atoms. The fourth-order valence-corrected chi connectivity index (χ4v) is 13.7. The lowest BCUT2D eigenvalue weighted by Crippen LogP contribution is -2.70. The molecule has 33 nitrogen and oxygen atoms in total. The first kappa shape index (κ1) is 80.5. The van der Waals surface area contributed by atoms with Crippen LogP contribution in [0.25, 0.3) is 0 Å². The van der Waals surface area contributed by atoms with Gasteiger partial charge in [-0.2, -0.15) is 0 Å². The van der Waals surface area contributed by atoms with Crippen LogP contribution >= 0.6 is 0 Å². The van der Waals surface area contributed by atoms with E-state index in [4.69, 9.17) is 47.4 Å². The molecule has 2 aliphatic carbocycles. The van der Waals surface area contributed by atoms with Gasteiger partial charge in [0.25, 0.3) is 5.91 Å². The van der Waals surface area contributed by atoms with Gasteiger partial charge in [-0.15, -0.1) is 0 Å². The van der Waals surface area contributed by atoms with Crippen LogP contribution < -0.4 is 31.3 Å². The lowest BCUT2D eigenvalue weighted by atomic mass is 9.77. The predicted molar refractivity (Wildman–Crippen MR) is 338 cm³/mol. The molecule has 33 heteroatoms. The third-order valence-electron chi connectivity index (χ3n) is 19.0. The summed E-state index contributed by atoms with van der Waals surface area (Å²) in [5, 5.41) is 160. The Morgan fingerprint density at radius 1 is 0.500 bits per heavy atom. The molecule has 6 aliphatic rings. The number of unbranched alkanes of at least 4 members (excludes halogenated alkanes) is 5. The maximum atomic E-state index is 14.0. The molecule has 0 radical (unpaired) electrons. The molecule has 1 aromatic rings. The molecule has 0 bridgehead atoms. The Morgan fingerprint density at radius 2 is 1.00 bits per heavy atom. The van der Waals surface area contributed by atoms with Gasteiger partial charge in [0.05, 0.1) is 75.1 Å². The van der Waals surface area contributed by atoms with Crippen molar-refractivity contribution in [2.75, 3.05) is 39.6 Å². The Bertz CT molecular complexity index is 2710. The number of rotatable bonds is 31. The first-order chi connectivity index (χ1) is 46.7. The molecule has 4 heterocycles.